The Kier molecular flexibility index (Phi) is 5.75. The van der Waals surface area contributed by atoms with E-state index >= 15 is 0 Å². The quantitative estimate of drug-likeness (QED) is 0.372. The zero-order valence-electron chi connectivity index (χ0n) is 10.8. The molecule has 110 valence electrons. The first kappa shape index (κ1) is 16.0. The first-order valence-corrected chi connectivity index (χ1v) is 5.86. The highest BCUT2D eigenvalue weighted by Crippen LogP contribution is 2.12. The topological polar surface area (TPSA) is 127 Å². The van der Waals surface area contributed by atoms with Gasteiger partial charge in [-0.2, -0.15) is 0 Å². The molecule has 1 saturated heterocycles. The molecule has 1 aliphatic rings. The summed E-state index contributed by atoms with van der Waals surface area (Å²) in [5.41, 5.74) is 0.593. The number of benzene rings is 1. The molecule has 0 saturated carbocycles. The summed E-state index contributed by atoms with van der Waals surface area (Å²) < 4.78 is 0. The number of carbonyl (C=O) groups is 3. The molecule has 1 heterocycles. The predicted octanol–water partition coefficient (Wildman–Crippen LogP) is 1.12. The minimum Gasteiger partial charge on any atom is -0.478 e. The average molecular weight is 292 g/mol. The number of hydrogen-bond donors (Lipinski definition) is 2. The molecule has 1 aliphatic heterocycles. The highest BCUT2D eigenvalue weighted by Gasteiger charge is 2.15. The Hall–Kier alpha value is -3.03. The van der Waals surface area contributed by atoms with Gasteiger partial charge in [-0.15, -0.1) is 0 Å². The maximum absolute atomic E-state index is 10.3. The maximum atomic E-state index is 10.3. The second kappa shape index (κ2) is 7.53. The summed E-state index contributed by atoms with van der Waals surface area (Å²) >= 11 is 0. The minimum absolute atomic E-state index is 0.0162. The van der Waals surface area contributed by atoms with Crippen molar-refractivity contribution in [3.63, 3.8) is 0 Å². The van der Waals surface area contributed by atoms with Crippen molar-refractivity contribution in [3.05, 3.63) is 46.0 Å². The van der Waals surface area contributed by atoms with E-state index in [0.29, 0.717) is 18.4 Å². The van der Waals surface area contributed by atoms with Crippen molar-refractivity contribution in [2.45, 2.75) is 12.8 Å². The fourth-order valence-electron chi connectivity index (χ4n) is 1.38. The highest BCUT2D eigenvalue weighted by molar-refractivity contribution is 6.01. The standard InChI is InChI=1S/C9H7NO4.C4H5NO2/c11-9(12)6-3-7-1-4-8(5-2-7)10(13)14;6-3-1-2-4(7)5-3/h1-6H,(H,11,12);1-2H2,(H,5,6,7). The number of carboxylic acids is 1. The van der Waals surface area contributed by atoms with Crippen molar-refractivity contribution in [1.29, 1.82) is 0 Å². The Morgan fingerprint density at radius 1 is 1.19 bits per heavy atom. The van der Waals surface area contributed by atoms with Gasteiger partial charge < -0.3 is 5.11 Å². The molecule has 0 radical (unpaired) electrons. The molecule has 1 aromatic rings. The van der Waals surface area contributed by atoms with E-state index in [4.69, 9.17) is 5.11 Å². The number of hydrogen-bond acceptors (Lipinski definition) is 5. The number of nitro benzene ring substituents is 1. The summed E-state index contributed by atoms with van der Waals surface area (Å²) in [6.07, 6.45) is 3.09. The fraction of sp³-hybridized carbons (Fsp3) is 0.154. The Bertz CT molecular complexity index is 577. The van der Waals surface area contributed by atoms with Crippen LogP contribution < -0.4 is 5.32 Å². The third-order valence-corrected chi connectivity index (χ3v) is 2.38. The van der Waals surface area contributed by atoms with Crippen LogP contribution in [-0.4, -0.2) is 27.8 Å². The third-order valence-electron chi connectivity index (χ3n) is 2.38. The van der Waals surface area contributed by atoms with E-state index in [1.54, 1.807) is 0 Å². The molecule has 8 heteroatoms. The van der Waals surface area contributed by atoms with Crippen molar-refractivity contribution in [3.8, 4) is 0 Å². The monoisotopic (exact) mass is 292 g/mol. The molecular weight excluding hydrogens is 280 g/mol. The lowest BCUT2D eigenvalue weighted by Crippen LogP contribution is -2.18. The SMILES string of the molecule is O=C(O)C=Cc1ccc([N+](=O)[O-])cc1.O=C1CCC(=O)N1. The molecule has 8 nitrogen and oxygen atoms in total. The third kappa shape index (κ3) is 6.10. The van der Waals surface area contributed by atoms with Crippen LogP contribution in [0.3, 0.4) is 0 Å². The van der Waals surface area contributed by atoms with Crippen LogP contribution in [-0.2, 0) is 14.4 Å². The number of carbonyl (C=O) groups excluding carboxylic acids is 2. The van der Waals surface area contributed by atoms with E-state index < -0.39 is 10.9 Å². The van der Waals surface area contributed by atoms with Crippen molar-refractivity contribution in [2.75, 3.05) is 0 Å². The first-order valence-electron chi connectivity index (χ1n) is 5.86. The van der Waals surface area contributed by atoms with Crippen molar-refractivity contribution in [1.82, 2.24) is 5.32 Å². The lowest BCUT2D eigenvalue weighted by atomic mass is 10.2. The molecule has 0 atom stereocenters. The number of aliphatic carboxylic acids is 1. The van der Waals surface area contributed by atoms with Gasteiger partial charge in [0.15, 0.2) is 0 Å². The molecule has 0 spiro atoms. The molecule has 1 aromatic carbocycles. The number of nitro groups is 1. The molecule has 2 amide bonds. The van der Waals surface area contributed by atoms with E-state index in [9.17, 15) is 24.5 Å². The van der Waals surface area contributed by atoms with Gasteiger partial charge in [-0.3, -0.25) is 25.0 Å². The summed E-state index contributed by atoms with van der Waals surface area (Å²) in [4.78, 5) is 40.2. The zero-order valence-corrected chi connectivity index (χ0v) is 10.8. The molecule has 2 N–H and O–H groups in total. The number of rotatable bonds is 3. The summed E-state index contributed by atoms with van der Waals surface area (Å²) in [5.74, 6) is -1.35. The minimum atomic E-state index is -1.05. The smallest absolute Gasteiger partial charge is 0.328 e. The number of carboxylic acid groups (broad SMARTS) is 1. The molecule has 2 rings (SSSR count). The molecule has 0 aliphatic carbocycles. The largest absolute Gasteiger partial charge is 0.478 e. The van der Waals surface area contributed by atoms with Crippen LogP contribution in [0.5, 0.6) is 0 Å². The van der Waals surface area contributed by atoms with Gasteiger partial charge in [0, 0.05) is 31.1 Å². The molecular formula is C13H12N2O6. The number of imide groups is 1. The van der Waals surface area contributed by atoms with E-state index in [2.05, 4.69) is 5.32 Å². The van der Waals surface area contributed by atoms with Gasteiger partial charge in [-0.25, -0.2) is 4.79 Å². The lowest BCUT2D eigenvalue weighted by Gasteiger charge is -1.92. The van der Waals surface area contributed by atoms with E-state index in [1.807, 2.05) is 0 Å². The number of nitrogens with one attached hydrogen (secondary N) is 1. The van der Waals surface area contributed by atoms with Crippen LogP contribution in [0.25, 0.3) is 6.08 Å². The zero-order chi connectivity index (χ0) is 15.8. The Balaban J connectivity index is 0.000000262. The second-order valence-electron chi connectivity index (χ2n) is 3.99. The normalized spacial score (nSPS) is 13.5. The Labute approximate surface area is 119 Å². The van der Waals surface area contributed by atoms with Crippen LogP contribution >= 0.6 is 0 Å². The van der Waals surface area contributed by atoms with Crippen LogP contribution in [0, 0.1) is 10.1 Å². The Morgan fingerprint density at radius 2 is 1.71 bits per heavy atom. The van der Waals surface area contributed by atoms with Crippen molar-refractivity contribution >= 4 is 29.5 Å². The molecule has 0 unspecified atom stereocenters. The number of non-ortho nitro benzene ring substituents is 1. The van der Waals surface area contributed by atoms with Gasteiger partial charge in [0.05, 0.1) is 4.92 Å². The first-order chi connectivity index (χ1) is 9.88. The number of nitrogens with zero attached hydrogens (tertiary/aromatic N) is 1. The Morgan fingerprint density at radius 3 is 2.05 bits per heavy atom. The van der Waals surface area contributed by atoms with Gasteiger partial charge in [0.1, 0.15) is 0 Å². The highest BCUT2D eigenvalue weighted by atomic mass is 16.6. The van der Waals surface area contributed by atoms with Gasteiger partial charge >= 0.3 is 5.97 Å². The van der Waals surface area contributed by atoms with Crippen LogP contribution in [0.15, 0.2) is 30.3 Å². The van der Waals surface area contributed by atoms with Crippen molar-refractivity contribution < 1.29 is 24.4 Å². The fourth-order valence-corrected chi connectivity index (χ4v) is 1.38. The predicted molar refractivity (Wildman–Crippen MR) is 72.1 cm³/mol. The summed E-state index contributed by atoms with van der Waals surface area (Å²) in [7, 11) is 0. The molecule has 0 bridgehead atoms. The molecule has 21 heavy (non-hydrogen) atoms. The molecule has 0 aromatic heterocycles. The second-order valence-corrected chi connectivity index (χ2v) is 3.99. The van der Waals surface area contributed by atoms with Gasteiger partial charge in [-0.05, 0) is 23.8 Å². The summed E-state index contributed by atoms with van der Waals surface area (Å²) in [6.45, 7) is 0. The van der Waals surface area contributed by atoms with Gasteiger partial charge in [0.2, 0.25) is 11.8 Å². The molecule has 1 fully saturated rings. The van der Waals surface area contributed by atoms with Crippen LogP contribution in [0.4, 0.5) is 5.69 Å². The summed E-state index contributed by atoms with van der Waals surface area (Å²) in [6, 6.07) is 5.61. The van der Waals surface area contributed by atoms with E-state index in [1.165, 1.54) is 30.3 Å². The van der Waals surface area contributed by atoms with Gasteiger partial charge in [-0.1, -0.05) is 0 Å². The average Bonchev–Trinajstić information content (AvgIpc) is 2.81. The number of amides is 2. The van der Waals surface area contributed by atoms with Crippen molar-refractivity contribution in [2.24, 2.45) is 0 Å². The van der Waals surface area contributed by atoms with Crippen LogP contribution in [0.2, 0.25) is 0 Å². The maximum Gasteiger partial charge on any atom is 0.328 e. The van der Waals surface area contributed by atoms with Crippen LogP contribution in [0.1, 0.15) is 18.4 Å². The van der Waals surface area contributed by atoms with Gasteiger partial charge in [0.25, 0.3) is 5.69 Å². The lowest BCUT2D eigenvalue weighted by molar-refractivity contribution is -0.384. The summed E-state index contributed by atoms with van der Waals surface area (Å²) in [5, 5.41) is 20.7. The van der Waals surface area contributed by atoms with E-state index in [-0.39, 0.29) is 17.5 Å². The van der Waals surface area contributed by atoms with E-state index in [0.717, 1.165) is 6.08 Å².